The van der Waals surface area contributed by atoms with Gasteiger partial charge in [0.1, 0.15) is 29.1 Å². The van der Waals surface area contributed by atoms with Gasteiger partial charge in [0.25, 0.3) is 0 Å². The molecule has 49 heavy (non-hydrogen) atoms. The van der Waals surface area contributed by atoms with Gasteiger partial charge in [0.2, 0.25) is 0 Å². The fourth-order valence-electron chi connectivity index (χ4n) is 5.48. The SMILES string of the molecule is C=C(C)C(=O)OCC(CO)OC(=O)CCc1cc(-n2nc3ccc(C(F)(F)F)cc3n2)c(O)c(C(C)(c2ccccc2)c2ccccc2)c1. The van der Waals surface area contributed by atoms with Crippen LogP contribution in [-0.2, 0) is 37.1 Å². The van der Waals surface area contributed by atoms with Crippen LogP contribution in [0, 0.1) is 0 Å². The molecule has 0 saturated heterocycles. The largest absolute Gasteiger partial charge is 0.505 e. The molecule has 12 heteroatoms. The van der Waals surface area contributed by atoms with E-state index in [-0.39, 0.29) is 47.5 Å². The average molecular weight is 674 g/mol. The van der Waals surface area contributed by atoms with Crippen molar-refractivity contribution in [3.63, 3.8) is 0 Å². The summed E-state index contributed by atoms with van der Waals surface area (Å²) in [4.78, 5) is 25.7. The molecule has 1 heterocycles. The van der Waals surface area contributed by atoms with E-state index in [9.17, 15) is 33.0 Å². The highest BCUT2D eigenvalue weighted by Crippen LogP contribution is 2.45. The van der Waals surface area contributed by atoms with Gasteiger partial charge in [-0.05, 0) is 61.2 Å². The summed E-state index contributed by atoms with van der Waals surface area (Å²) < 4.78 is 50.7. The van der Waals surface area contributed by atoms with Crippen LogP contribution in [0.3, 0.4) is 0 Å². The third kappa shape index (κ3) is 7.65. The minimum Gasteiger partial charge on any atom is -0.505 e. The number of phenols is 1. The summed E-state index contributed by atoms with van der Waals surface area (Å²) in [5, 5.41) is 30.3. The molecule has 9 nitrogen and oxygen atoms in total. The molecule has 254 valence electrons. The predicted octanol–water partition coefficient (Wildman–Crippen LogP) is 6.46. The van der Waals surface area contributed by atoms with Crippen molar-refractivity contribution in [2.24, 2.45) is 0 Å². The van der Waals surface area contributed by atoms with E-state index in [4.69, 9.17) is 9.47 Å². The third-order valence-corrected chi connectivity index (χ3v) is 8.18. The molecule has 4 aromatic carbocycles. The van der Waals surface area contributed by atoms with Gasteiger partial charge in [-0.3, -0.25) is 4.79 Å². The molecule has 0 aliphatic heterocycles. The zero-order valence-electron chi connectivity index (χ0n) is 26.8. The molecule has 1 unspecified atom stereocenters. The van der Waals surface area contributed by atoms with E-state index in [0.29, 0.717) is 11.1 Å². The molecule has 1 atom stereocenters. The molecule has 0 spiro atoms. The predicted molar refractivity (Wildman–Crippen MR) is 175 cm³/mol. The number of aromatic hydroxyl groups is 1. The summed E-state index contributed by atoms with van der Waals surface area (Å²) in [5.74, 6) is -1.58. The number of hydrogen-bond acceptors (Lipinski definition) is 8. The second-order valence-corrected chi connectivity index (χ2v) is 11.7. The summed E-state index contributed by atoms with van der Waals surface area (Å²) in [6.45, 7) is 5.95. The Hall–Kier alpha value is -5.49. The fourth-order valence-corrected chi connectivity index (χ4v) is 5.48. The number of halogens is 3. The number of fused-ring (bicyclic) bond motifs is 1. The molecule has 0 amide bonds. The van der Waals surface area contributed by atoms with Gasteiger partial charge in [0.05, 0.1) is 12.2 Å². The number of alkyl halides is 3. The topological polar surface area (TPSA) is 124 Å². The number of aliphatic hydroxyl groups excluding tert-OH is 1. The number of aryl methyl sites for hydroxylation is 1. The second kappa shape index (κ2) is 14.3. The average Bonchev–Trinajstić information content (AvgIpc) is 3.53. The summed E-state index contributed by atoms with van der Waals surface area (Å²) in [6.07, 6.45) is -5.74. The molecule has 5 rings (SSSR count). The van der Waals surface area contributed by atoms with Crippen molar-refractivity contribution in [2.45, 2.75) is 44.4 Å². The number of aromatic nitrogens is 3. The number of phenolic OH excluding ortho intramolecular Hbond substituents is 1. The molecule has 0 saturated carbocycles. The zero-order valence-corrected chi connectivity index (χ0v) is 26.8. The van der Waals surface area contributed by atoms with Crippen molar-refractivity contribution in [1.82, 2.24) is 15.0 Å². The Labute approximate surface area is 280 Å². The van der Waals surface area contributed by atoms with Crippen molar-refractivity contribution >= 4 is 23.0 Å². The van der Waals surface area contributed by atoms with Crippen LogP contribution < -0.4 is 0 Å². The first-order chi connectivity index (χ1) is 23.3. The molecule has 0 aliphatic rings. The Kier molecular flexibility index (Phi) is 10.2. The quantitative estimate of drug-likeness (QED) is 0.0880. The van der Waals surface area contributed by atoms with E-state index in [0.717, 1.165) is 28.1 Å². The fraction of sp³-hybridized carbons (Fsp3) is 0.243. The number of nitrogens with zero attached hydrogens (tertiary/aromatic N) is 3. The van der Waals surface area contributed by atoms with Gasteiger partial charge >= 0.3 is 18.1 Å². The van der Waals surface area contributed by atoms with Crippen LogP contribution in [0.4, 0.5) is 13.2 Å². The number of carbonyl (C=O) groups excluding carboxylic acids is 2. The summed E-state index contributed by atoms with van der Waals surface area (Å²) in [7, 11) is 0. The first kappa shape index (κ1) is 34.8. The first-order valence-electron chi connectivity index (χ1n) is 15.4. The number of ether oxygens (including phenoxy) is 2. The summed E-state index contributed by atoms with van der Waals surface area (Å²) >= 11 is 0. The van der Waals surface area contributed by atoms with Gasteiger partial charge in [-0.25, -0.2) is 4.79 Å². The van der Waals surface area contributed by atoms with Gasteiger partial charge in [-0.2, -0.15) is 13.2 Å². The van der Waals surface area contributed by atoms with Crippen molar-refractivity contribution in [1.29, 1.82) is 0 Å². The molecule has 0 radical (unpaired) electrons. The number of esters is 2. The first-order valence-corrected chi connectivity index (χ1v) is 15.4. The Morgan fingerprint density at radius 1 is 0.898 bits per heavy atom. The molecule has 1 aromatic heterocycles. The van der Waals surface area contributed by atoms with Crippen LogP contribution in [0.1, 0.15) is 48.1 Å². The maximum Gasteiger partial charge on any atom is 0.416 e. The molecular weight excluding hydrogens is 639 g/mol. The van der Waals surface area contributed by atoms with E-state index >= 15 is 0 Å². The molecular formula is C37H34F3N3O6. The number of rotatable bonds is 12. The molecule has 0 fully saturated rings. The lowest BCUT2D eigenvalue weighted by molar-refractivity contribution is -0.159. The minimum absolute atomic E-state index is 0.0268. The van der Waals surface area contributed by atoms with Gasteiger partial charge in [-0.1, -0.05) is 73.3 Å². The second-order valence-electron chi connectivity index (χ2n) is 11.7. The van der Waals surface area contributed by atoms with Crippen LogP contribution in [0.5, 0.6) is 5.75 Å². The van der Waals surface area contributed by atoms with Crippen molar-refractivity contribution in [3.05, 3.63) is 131 Å². The third-order valence-electron chi connectivity index (χ3n) is 8.18. The van der Waals surface area contributed by atoms with Crippen molar-refractivity contribution < 1.29 is 42.4 Å². The lowest BCUT2D eigenvalue weighted by atomic mass is 9.70. The van der Waals surface area contributed by atoms with E-state index in [1.807, 2.05) is 67.6 Å². The number of hydrogen-bond donors (Lipinski definition) is 2. The van der Waals surface area contributed by atoms with Crippen LogP contribution in [0.25, 0.3) is 16.7 Å². The molecule has 5 aromatic rings. The normalized spacial score (nSPS) is 12.4. The number of carbonyl (C=O) groups is 2. The van der Waals surface area contributed by atoms with Crippen LogP contribution in [-0.4, -0.2) is 56.5 Å². The maximum absolute atomic E-state index is 13.5. The lowest BCUT2D eigenvalue weighted by Gasteiger charge is -2.33. The van der Waals surface area contributed by atoms with Gasteiger partial charge in [0, 0.05) is 23.0 Å². The molecule has 2 N–H and O–H groups in total. The highest BCUT2D eigenvalue weighted by molar-refractivity contribution is 5.87. The maximum atomic E-state index is 13.5. The Balaban J connectivity index is 1.57. The molecule has 0 bridgehead atoms. The highest BCUT2D eigenvalue weighted by atomic mass is 19.4. The van der Waals surface area contributed by atoms with E-state index in [1.165, 1.54) is 13.0 Å². The van der Waals surface area contributed by atoms with E-state index in [2.05, 4.69) is 16.8 Å². The standard InChI is InChI=1S/C37H34F3N3O6/c1-23(2)35(47)48-22-28(21-44)49-33(45)17-14-24-18-29(36(3,25-10-6-4-7-11-25)26-12-8-5-9-13-26)34(46)32(19-24)43-41-30-16-15-27(37(38,39)40)20-31(30)42-43/h4-13,15-16,18-20,28,44,46H,1,14,17,21-22H2,2-3H3. The van der Waals surface area contributed by atoms with Crippen LogP contribution >= 0.6 is 0 Å². The van der Waals surface area contributed by atoms with Gasteiger partial charge < -0.3 is 19.7 Å². The Morgan fingerprint density at radius 3 is 2.08 bits per heavy atom. The van der Waals surface area contributed by atoms with Gasteiger partial charge in [-0.15, -0.1) is 15.0 Å². The van der Waals surface area contributed by atoms with Crippen molar-refractivity contribution in [3.8, 4) is 11.4 Å². The lowest BCUT2D eigenvalue weighted by Crippen LogP contribution is -2.29. The van der Waals surface area contributed by atoms with E-state index < -0.39 is 41.8 Å². The smallest absolute Gasteiger partial charge is 0.416 e. The van der Waals surface area contributed by atoms with E-state index in [1.54, 1.807) is 12.1 Å². The Morgan fingerprint density at radius 2 is 1.51 bits per heavy atom. The van der Waals surface area contributed by atoms with Crippen LogP contribution in [0.2, 0.25) is 0 Å². The monoisotopic (exact) mass is 673 g/mol. The van der Waals surface area contributed by atoms with Gasteiger partial charge in [0.15, 0.2) is 6.10 Å². The summed E-state index contributed by atoms with van der Waals surface area (Å²) in [5.41, 5.74) is 1.21. The number of benzene rings is 4. The number of aliphatic hydroxyl groups is 1. The molecule has 0 aliphatic carbocycles. The highest BCUT2D eigenvalue weighted by Gasteiger charge is 2.36. The Bertz CT molecular complexity index is 1940. The van der Waals surface area contributed by atoms with Crippen LogP contribution in [0.15, 0.2) is 103 Å². The van der Waals surface area contributed by atoms with Crippen molar-refractivity contribution in [2.75, 3.05) is 13.2 Å². The zero-order chi connectivity index (χ0) is 35.3. The minimum atomic E-state index is -4.59. The summed E-state index contributed by atoms with van der Waals surface area (Å²) in [6, 6.07) is 25.3.